The summed E-state index contributed by atoms with van der Waals surface area (Å²) in [4.78, 5) is 12.3. The van der Waals surface area contributed by atoms with Crippen LogP contribution in [0.3, 0.4) is 0 Å². The summed E-state index contributed by atoms with van der Waals surface area (Å²) in [5.74, 6) is -0.271. The summed E-state index contributed by atoms with van der Waals surface area (Å²) in [5.41, 5.74) is 1.49. The van der Waals surface area contributed by atoms with Gasteiger partial charge in [0.15, 0.2) is 0 Å². The SMILES string of the molecule is CCCCOC(=O)c1cc([S])ccc1C. The Morgan fingerprint density at radius 1 is 1.47 bits per heavy atom. The van der Waals surface area contributed by atoms with Crippen LogP contribution in [0.5, 0.6) is 0 Å². The molecule has 1 aromatic carbocycles. The maximum atomic E-state index is 11.6. The first kappa shape index (κ1) is 12.0. The van der Waals surface area contributed by atoms with Gasteiger partial charge < -0.3 is 4.74 Å². The zero-order valence-corrected chi connectivity index (χ0v) is 9.89. The van der Waals surface area contributed by atoms with Gasteiger partial charge in [0.25, 0.3) is 0 Å². The minimum Gasteiger partial charge on any atom is -0.462 e. The Balaban J connectivity index is 2.68. The van der Waals surface area contributed by atoms with E-state index in [2.05, 4.69) is 6.92 Å². The third-order valence-corrected chi connectivity index (χ3v) is 2.41. The number of benzene rings is 1. The molecule has 0 atom stereocenters. The number of unbranched alkanes of at least 4 members (excludes halogenated alkanes) is 1. The minimum atomic E-state index is -0.271. The summed E-state index contributed by atoms with van der Waals surface area (Å²) in [5, 5.41) is 0. The molecule has 1 rings (SSSR count). The number of hydrogen-bond donors (Lipinski definition) is 0. The van der Waals surface area contributed by atoms with Gasteiger partial charge in [-0.25, -0.2) is 4.79 Å². The summed E-state index contributed by atoms with van der Waals surface area (Å²) in [6.07, 6.45) is 1.92. The number of esters is 1. The highest BCUT2D eigenvalue weighted by Crippen LogP contribution is 2.15. The van der Waals surface area contributed by atoms with Crippen LogP contribution < -0.4 is 0 Å². The monoisotopic (exact) mass is 223 g/mol. The Bertz CT molecular complexity index is 347. The standard InChI is InChI=1S/C12H15O2S/c1-3-4-7-14-12(13)11-8-10(15)6-5-9(11)2/h5-6,8H,3-4,7H2,1-2H3. The van der Waals surface area contributed by atoms with Gasteiger partial charge in [-0.15, -0.1) is 0 Å². The van der Waals surface area contributed by atoms with Crippen molar-refractivity contribution in [2.75, 3.05) is 6.61 Å². The topological polar surface area (TPSA) is 26.3 Å². The first-order chi connectivity index (χ1) is 7.15. The van der Waals surface area contributed by atoms with Crippen LogP contribution in [0.4, 0.5) is 0 Å². The molecule has 0 aromatic heterocycles. The van der Waals surface area contributed by atoms with Crippen molar-refractivity contribution in [3.63, 3.8) is 0 Å². The van der Waals surface area contributed by atoms with Crippen molar-refractivity contribution in [3.05, 3.63) is 29.3 Å². The van der Waals surface area contributed by atoms with Gasteiger partial charge in [-0.3, -0.25) is 0 Å². The van der Waals surface area contributed by atoms with Gasteiger partial charge in [0.1, 0.15) is 0 Å². The van der Waals surface area contributed by atoms with E-state index in [1.807, 2.05) is 19.1 Å². The molecule has 0 heterocycles. The number of ether oxygens (including phenoxy) is 1. The van der Waals surface area contributed by atoms with Crippen LogP contribution in [0.2, 0.25) is 0 Å². The van der Waals surface area contributed by atoms with Gasteiger partial charge >= 0.3 is 5.97 Å². The molecular weight excluding hydrogens is 208 g/mol. The Kier molecular flexibility index (Phi) is 4.56. The number of aryl methyl sites for hydroxylation is 1. The highest BCUT2D eigenvalue weighted by Gasteiger charge is 2.10. The van der Waals surface area contributed by atoms with Crippen molar-refractivity contribution in [1.82, 2.24) is 0 Å². The van der Waals surface area contributed by atoms with Crippen molar-refractivity contribution < 1.29 is 9.53 Å². The molecule has 3 heteroatoms. The second-order valence-electron chi connectivity index (χ2n) is 3.47. The van der Waals surface area contributed by atoms with Crippen LogP contribution in [-0.4, -0.2) is 12.6 Å². The average Bonchev–Trinajstić information content (AvgIpc) is 2.22. The first-order valence-corrected chi connectivity index (χ1v) is 5.50. The smallest absolute Gasteiger partial charge is 0.338 e. The summed E-state index contributed by atoms with van der Waals surface area (Å²) in [6, 6.07) is 5.35. The first-order valence-electron chi connectivity index (χ1n) is 5.10. The normalized spacial score (nSPS) is 10.0. The summed E-state index contributed by atoms with van der Waals surface area (Å²) in [7, 11) is 0. The van der Waals surface area contributed by atoms with Crippen LogP contribution in [0.1, 0.15) is 35.7 Å². The summed E-state index contributed by atoms with van der Waals surface area (Å²) in [6.45, 7) is 4.42. The number of carbonyl (C=O) groups excluding carboxylic acids is 1. The fourth-order valence-corrected chi connectivity index (χ4v) is 1.39. The van der Waals surface area contributed by atoms with Crippen LogP contribution >= 0.6 is 12.6 Å². The highest BCUT2D eigenvalue weighted by atomic mass is 32.1. The van der Waals surface area contributed by atoms with E-state index in [0.717, 1.165) is 18.4 Å². The molecule has 2 nitrogen and oxygen atoms in total. The molecule has 0 saturated carbocycles. The lowest BCUT2D eigenvalue weighted by atomic mass is 10.1. The van der Waals surface area contributed by atoms with Gasteiger partial charge in [0, 0.05) is 4.90 Å². The lowest BCUT2D eigenvalue weighted by Gasteiger charge is -2.06. The fraction of sp³-hybridized carbons (Fsp3) is 0.417. The third kappa shape index (κ3) is 3.51. The lowest BCUT2D eigenvalue weighted by Crippen LogP contribution is -2.08. The van der Waals surface area contributed by atoms with E-state index in [9.17, 15) is 4.79 Å². The van der Waals surface area contributed by atoms with Crippen molar-refractivity contribution in [2.24, 2.45) is 0 Å². The molecule has 0 saturated heterocycles. The van der Waals surface area contributed by atoms with Crippen molar-refractivity contribution in [3.8, 4) is 0 Å². The molecule has 0 N–H and O–H groups in total. The van der Waals surface area contributed by atoms with Gasteiger partial charge in [0.2, 0.25) is 0 Å². The highest BCUT2D eigenvalue weighted by molar-refractivity contribution is 7.80. The molecule has 15 heavy (non-hydrogen) atoms. The average molecular weight is 223 g/mol. The maximum absolute atomic E-state index is 11.6. The molecule has 0 spiro atoms. The zero-order valence-electron chi connectivity index (χ0n) is 9.08. The van der Waals surface area contributed by atoms with Crippen LogP contribution in [-0.2, 0) is 4.74 Å². The van der Waals surface area contributed by atoms with E-state index in [-0.39, 0.29) is 5.97 Å². The largest absolute Gasteiger partial charge is 0.462 e. The Morgan fingerprint density at radius 2 is 2.20 bits per heavy atom. The molecule has 0 fully saturated rings. The predicted octanol–water partition coefficient (Wildman–Crippen LogP) is 3.51. The molecule has 0 amide bonds. The molecule has 0 bridgehead atoms. The molecule has 0 aliphatic carbocycles. The van der Waals surface area contributed by atoms with Crippen molar-refractivity contribution in [2.45, 2.75) is 31.6 Å². The van der Waals surface area contributed by atoms with E-state index in [4.69, 9.17) is 17.4 Å². The van der Waals surface area contributed by atoms with Crippen molar-refractivity contribution >= 4 is 18.6 Å². The summed E-state index contributed by atoms with van der Waals surface area (Å²) >= 11 is 5.01. The molecular formula is C12H15O2S. The number of carbonyl (C=O) groups is 1. The van der Waals surface area contributed by atoms with E-state index in [1.54, 1.807) is 6.07 Å². The van der Waals surface area contributed by atoms with Crippen LogP contribution in [0.15, 0.2) is 23.1 Å². The quantitative estimate of drug-likeness (QED) is 0.576. The minimum absolute atomic E-state index is 0.271. The lowest BCUT2D eigenvalue weighted by molar-refractivity contribution is 0.0498. The second-order valence-corrected chi connectivity index (χ2v) is 3.94. The third-order valence-electron chi connectivity index (χ3n) is 2.16. The molecule has 1 aromatic rings. The Morgan fingerprint density at radius 3 is 2.87 bits per heavy atom. The Hall–Kier alpha value is -1.09. The van der Waals surface area contributed by atoms with Gasteiger partial charge in [-0.2, -0.15) is 0 Å². The van der Waals surface area contributed by atoms with Gasteiger partial charge in [0.05, 0.1) is 12.2 Å². The van der Waals surface area contributed by atoms with E-state index < -0.39 is 0 Å². The number of hydrogen-bond acceptors (Lipinski definition) is 2. The van der Waals surface area contributed by atoms with Crippen molar-refractivity contribution in [1.29, 1.82) is 0 Å². The molecule has 0 aliphatic heterocycles. The predicted molar refractivity (Wildman–Crippen MR) is 62.2 cm³/mol. The molecule has 81 valence electrons. The van der Waals surface area contributed by atoms with Gasteiger partial charge in [-0.05, 0) is 31.0 Å². The van der Waals surface area contributed by atoms with Crippen LogP contribution in [0, 0.1) is 6.92 Å². The number of rotatable bonds is 4. The van der Waals surface area contributed by atoms with E-state index in [0.29, 0.717) is 17.1 Å². The molecule has 0 aliphatic rings. The fourth-order valence-electron chi connectivity index (χ4n) is 1.21. The maximum Gasteiger partial charge on any atom is 0.338 e. The van der Waals surface area contributed by atoms with Crippen LogP contribution in [0.25, 0.3) is 0 Å². The van der Waals surface area contributed by atoms with E-state index in [1.165, 1.54) is 0 Å². The zero-order chi connectivity index (χ0) is 11.3. The summed E-state index contributed by atoms with van der Waals surface area (Å²) < 4.78 is 5.12. The molecule has 1 radical (unpaired) electrons. The second kappa shape index (κ2) is 5.71. The molecule has 0 unspecified atom stereocenters. The van der Waals surface area contributed by atoms with Gasteiger partial charge in [-0.1, -0.05) is 32.0 Å². The Labute approximate surface area is 96.1 Å². The van der Waals surface area contributed by atoms with E-state index >= 15 is 0 Å².